The van der Waals surface area contributed by atoms with Gasteiger partial charge in [0.2, 0.25) is 0 Å². The van der Waals surface area contributed by atoms with Gasteiger partial charge in [0.1, 0.15) is 0 Å². The summed E-state index contributed by atoms with van der Waals surface area (Å²) in [5.74, 6) is 0.358. The molecular weight excluding hydrogens is 272 g/mol. The Balaban J connectivity index is 1.73. The summed E-state index contributed by atoms with van der Waals surface area (Å²) in [5, 5.41) is 0. The molecule has 2 saturated carbocycles. The van der Waals surface area contributed by atoms with Gasteiger partial charge in [-0.05, 0) is 61.1 Å². The number of Topliss-reactive ketones (excluding diaryl/α,β-unsaturated/α-hetero) is 1. The Kier molecular flexibility index (Phi) is 2.65. The van der Waals surface area contributed by atoms with Gasteiger partial charge in [-0.2, -0.15) is 0 Å². The van der Waals surface area contributed by atoms with Crippen LogP contribution in [0.25, 0.3) is 0 Å². The maximum absolute atomic E-state index is 13.4. The normalized spacial score (nSPS) is 20.4. The SMILES string of the molecule is Nc1cccc(C2(C(=O)C3(c4cccc(N)c4)CC3)CC2)c1. The number of hydrogen-bond donors (Lipinski definition) is 2. The number of benzene rings is 2. The van der Waals surface area contributed by atoms with E-state index in [0.717, 1.165) is 48.2 Å². The lowest BCUT2D eigenvalue weighted by Gasteiger charge is -2.23. The average molecular weight is 292 g/mol. The molecule has 3 nitrogen and oxygen atoms in total. The van der Waals surface area contributed by atoms with E-state index in [9.17, 15) is 4.79 Å². The molecule has 0 heterocycles. The largest absolute Gasteiger partial charge is 0.399 e. The number of nitrogens with two attached hydrogens (primary N) is 2. The molecule has 22 heavy (non-hydrogen) atoms. The molecule has 3 heteroatoms. The fourth-order valence-electron chi connectivity index (χ4n) is 3.67. The molecule has 2 aliphatic rings. The Morgan fingerprint density at radius 3 is 1.50 bits per heavy atom. The van der Waals surface area contributed by atoms with Gasteiger partial charge in [0.05, 0.1) is 10.8 Å². The van der Waals surface area contributed by atoms with E-state index in [2.05, 4.69) is 0 Å². The lowest BCUT2D eigenvalue weighted by molar-refractivity contribution is -0.124. The van der Waals surface area contributed by atoms with Gasteiger partial charge in [-0.15, -0.1) is 0 Å². The summed E-state index contributed by atoms with van der Waals surface area (Å²) in [6.45, 7) is 0. The molecule has 0 atom stereocenters. The summed E-state index contributed by atoms with van der Waals surface area (Å²) >= 11 is 0. The Labute approximate surface area is 130 Å². The van der Waals surface area contributed by atoms with Gasteiger partial charge in [0, 0.05) is 11.4 Å². The van der Waals surface area contributed by atoms with Crippen LogP contribution in [-0.4, -0.2) is 5.78 Å². The molecule has 2 aromatic carbocycles. The first-order valence-electron chi connectivity index (χ1n) is 7.84. The number of anilines is 2. The predicted octanol–water partition coefficient (Wildman–Crippen LogP) is 3.18. The van der Waals surface area contributed by atoms with Gasteiger partial charge < -0.3 is 11.5 Å². The van der Waals surface area contributed by atoms with E-state index in [0.29, 0.717) is 5.78 Å². The third-order valence-electron chi connectivity index (χ3n) is 5.25. The van der Waals surface area contributed by atoms with Crippen LogP contribution in [-0.2, 0) is 15.6 Å². The number of carbonyl (C=O) groups is 1. The quantitative estimate of drug-likeness (QED) is 0.850. The fraction of sp³-hybridized carbons (Fsp3) is 0.316. The van der Waals surface area contributed by atoms with Crippen molar-refractivity contribution in [1.82, 2.24) is 0 Å². The lowest BCUT2D eigenvalue weighted by atomic mass is 9.79. The molecule has 0 aliphatic heterocycles. The van der Waals surface area contributed by atoms with Crippen molar-refractivity contribution in [1.29, 1.82) is 0 Å². The minimum atomic E-state index is -0.323. The van der Waals surface area contributed by atoms with Gasteiger partial charge in [-0.1, -0.05) is 24.3 Å². The number of rotatable bonds is 4. The second-order valence-electron chi connectivity index (χ2n) is 6.74. The highest BCUT2D eigenvalue weighted by atomic mass is 16.1. The summed E-state index contributed by atoms with van der Waals surface area (Å²) < 4.78 is 0. The zero-order chi connectivity index (χ0) is 15.4. The van der Waals surface area contributed by atoms with Crippen LogP contribution in [0.5, 0.6) is 0 Å². The highest BCUT2D eigenvalue weighted by Gasteiger charge is 2.63. The van der Waals surface area contributed by atoms with Crippen LogP contribution in [0.2, 0.25) is 0 Å². The molecule has 4 N–H and O–H groups in total. The third-order valence-corrected chi connectivity index (χ3v) is 5.25. The van der Waals surface area contributed by atoms with Crippen molar-refractivity contribution in [3.8, 4) is 0 Å². The van der Waals surface area contributed by atoms with Gasteiger partial charge in [0.25, 0.3) is 0 Å². The van der Waals surface area contributed by atoms with Crippen LogP contribution in [0.15, 0.2) is 48.5 Å². The Bertz CT molecular complexity index is 694. The number of hydrogen-bond acceptors (Lipinski definition) is 3. The molecular formula is C19H20N2O. The van der Waals surface area contributed by atoms with Crippen LogP contribution in [0, 0.1) is 0 Å². The number of nitrogen functional groups attached to an aromatic ring is 2. The van der Waals surface area contributed by atoms with Crippen molar-refractivity contribution in [2.24, 2.45) is 0 Å². The van der Waals surface area contributed by atoms with Crippen molar-refractivity contribution in [2.75, 3.05) is 11.5 Å². The van der Waals surface area contributed by atoms with Gasteiger partial charge in [0.15, 0.2) is 5.78 Å². The Hall–Kier alpha value is -2.29. The van der Waals surface area contributed by atoms with Crippen molar-refractivity contribution in [2.45, 2.75) is 36.5 Å². The lowest BCUT2D eigenvalue weighted by Crippen LogP contribution is -2.32. The van der Waals surface area contributed by atoms with E-state index in [4.69, 9.17) is 11.5 Å². The number of ketones is 1. The molecule has 2 aliphatic carbocycles. The summed E-state index contributed by atoms with van der Waals surface area (Å²) in [4.78, 5) is 13.4. The zero-order valence-corrected chi connectivity index (χ0v) is 12.5. The van der Waals surface area contributed by atoms with E-state index in [1.807, 2.05) is 48.5 Å². The highest BCUT2D eigenvalue weighted by molar-refractivity contribution is 6.03. The minimum Gasteiger partial charge on any atom is -0.399 e. The smallest absolute Gasteiger partial charge is 0.153 e. The highest BCUT2D eigenvalue weighted by Crippen LogP contribution is 2.60. The topological polar surface area (TPSA) is 69.1 Å². The van der Waals surface area contributed by atoms with Crippen molar-refractivity contribution in [3.05, 3.63) is 59.7 Å². The molecule has 0 saturated heterocycles. The summed E-state index contributed by atoms with van der Waals surface area (Å²) in [6.07, 6.45) is 3.72. The average Bonchev–Trinajstić information content (AvgIpc) is 3.40. The monoisotopic (exact) mass is 292 g/mol. The fourth-order valence-corrected chi connectivity index (χ4v) is 3.67. The van der Waals surface area contributed by atoms with Gasteiger partial charge >= 0.3 is 0 Å². The molecule has 0 spiro atoms. The second-order valence-corrected chi connectivity index (χ2v) is 6.74. The maximum atomic E-state index is 13.4. The zero-order valence-electron chi connectivity index (χ0n) is 12.5. The summed E-state index contributed by atoms with van der Waals surface area (Å²) in [6, 6.07) is 15.6. The van der Waals surface area contributed by atoms with Gasteiger partial charge in [-0.25, -0.2) is 0 Å². The molecule has 112 valence electrons. The molecule has 0 amide bonds. The number of carbonyl (C=O) groups excluding carboxylic acids is 1. The van der Waals surface area contributed by atoms with Crippen molar-refractivity contribution < 1.29 is 4.79 Å². The van der Waals surface area contributed by atoms with E-state index in [1.54, 1.807) is 0 Å². The standard InChI is InChI=1S/C19H20N2O/c20-15-5-1-3-13(11-15)18(7-8-18)17(22)19(9-10-19)14-4-2-6-16(21)12-14/h1-6,11-12H,7-10,20-21H2. The molecule has 0 bridgehead atoms. The second kappa shape index (κ2) is 4.35. The maximum Gasteiger partial charge on any atom is 0.153 e. The first kappa shape index (κ1) is 13.4. The van der Waals surface area contributed by atoms with Crippen LogP contribution >= 0.6 is 0 Å². The summed E-state index contributed by atoms with van der Waals surface area (Å²) in [5.41, 5.74) is 14.8. The molecule has 4 rings (SSSR count). The summed E-state index contributed by atoms with van der Waals surface area (Å²) in [7, 11) is 0. The Morgan fingerprint density at radius 2 is 1.18 bits per heavy atom. The molecule has 2 fully saturated rings. The van der Waals surface area contributed by atoms with Crippen LogP contribution in [0.1, 0.15) is 36.8 Å². The molecule has 2 aromatic rings. The van der Waals surface area contributed by atoms with Gasteiger partial charge in [-0.3, -0.25) is 4.79 Å². The minimum absolute atomic E-state index is 0.323. The molecule has 0 radical (unpaired) electrons. The van der Waals surface area contributed by atoms with E-state index in [-0.39, 0.29) is 10.8 Å². The Morgan fingerprint density at radius 1 is 0.773 bits per heavy atom. The molecule has 0 aromatic heterocycles. The third kappa shape index (κ3) is 1.85. The van der Waals surface area contributed by atoms with Crippen LogP contribution in [0.4, 0.5) is 11.4 Å². The van der Waals surface area contributed by atoms with E-state index >= 15 is 0 Å². The van der Waals surface area contributed by atoms with Crippen LogP contribution < -0.4 is 11.5 Å². The molecule has 0 unspecified atom stereocenters. The van der Waals surface area contributed by atoms with Crippen LogP contribution in [0.3, 0.4) is 0 Å². The van der Waals surface area contributed by atoms with Crippen molar-refractivity contribution in [3.63, 3.8) is 0 Å². The van der Waals surface area contributed by atoms with Crippen molar-refractivity contribution >= 4 is 17.2 Å². The first-order valence-corrected chi connectivity index (χ1v) is 7.84. The van der Waals surface area contributed by atoms with E-state index < -0.39 is 0 Å². The first-order chi connectivity index (χ1) is 10.6. The predicted molar refractivity (Wildman–Crippen MR) is 88.5 cm³/mol. The van der Waals surface area contributed by atoms with E-state index in [1.165, 1.54) is 0 Å².